The highest BCUT2D eigenvalue weighted by atomic mass is 32.2. The number of carbonyl (C=O) groups excluding carboxylic acids is 2. The van der Waals surface area contributed by atoms with E-state index in [0.29, 0.717) is 22.5 Å². The molecule has 1 aliphatic rings. The molecule has 0 radical (unpaired) electrons. The molecule has 0 fully saturated rings. The fraction of sp³-hybridized carbons (Fsp3) is 0.333. The Balaban J connectivity index is 2.12. The van der Waals surface area contributed by atoms with Gasteiger partial charge in [0.15, 0.2) is 0 Å². The largest absolute Gasteiger partial charge is 0.446 e. The number of primary sulfonamides is 1. The summed E-state index contributed by atoms with van der Waals surface area (Å²) >= 11 is 0. The molecule has 0 aromatic heterocycles. The first-order valence-electron chi connectivity index (χ1n) is 9.65. The van der Waals surface area contributed by atoms with Crippen molar-refractivity contribution in [1.29, 1.82) is 0 Å². The van der Waals surface area contributed by atoms with E-state index in [1.807, 2.05) is 6.92 Å². The van der Waals surface area contributed by atoms with E-state index in [2.05, 4.69) is 0 Å². The summed E-state index contributed by atoms with van der Waals surface area (Å²) in [4.78, 5) is 27.4. The Morgan fingerprint density at radius 2 is 1.74 bits per heavy atom. The average molecular weight is 450 g/mol. The van der Waals surface area contributed by atoms with Crippen LogP contribution in [-0.2, 0) is 19.6 Å². The van der Waals surface area contributed by atoms with E-state index < -0.39 is 26.8 Å². The molecule has 1 aliphatic heterocycles. The molecule has 0 unspecified atom stereocenters. The fourth-order valence-electron chi connectivity index (χ4n) is 3.63. The topological polar surface area (TPSA) is 110 Å². The maximum absolute atomic E-state index is 14.3. The minimum absolute atomic E-state index is 0.179. The van der Waals surface area contributed by atoms with Gasteiger partial charge in [-0.1, -0.05) is 12.1 Å². The molecule has 0 saturated carbocycles. The van der Waals surface area contributed by atoms with Gasteiger partial charge in [0.25, 0.3) is 0 Å². The summed E-state index contributed by atoms with van der Waals surface area (Å²) in [5, 5.41) is 5.02. The zero-order valence-electron chi connectivity index (χ0n) is 17.6. The normalized spacial score (nSPS) is 16.3. The minimum Gasteiger partial charge on any atom is -0.446 e. The molecule has 8 nitrogen and oxygen atoms in total. The van der Waals surface area contributed by atoms with Gasteiger partial charge in [0.2, 0.25) is 15.9 Å². The first-order chi connectivity index (χ1) is 14.4. The lowest BCUT2D eigenvalue weighted by Crippen LogP contribution is -2.51. The van der Waals surface area contributed by atoms with Gasteiger partial charge < -0.3 is 9.64 Å². The molecule has 0 saturated heterocycles. The minimum atomic E-state index is -4.19. The Bertz CT molecular complexity index is 1150. The smallest absolute Gasteiger partial charge is 0.414 e. The van der Waals surface area contributed by atoms with Gasteiger partial charge in [-0.3, -0.25) is 9.69 Å². The zero-order chi connectivity index (χ0) is 23.1. The number of carbonyl (C=O) groups is 2. The Hall–Kier alpha value is -2.98. The summed E-state index contributed by atoms with van der Waals surface area (Å²) in [5.74, 6) is -1.16. The van der Waals surface area contributed by atoms with E-state index in [-0.39, 0.29) is 24.6 Å². The molecule has 2 aromatic carbocycles. The van der Waals surface area contributed by atoms with Gasteiger partial charge in [-0.25, -0.2) is 22.7 Å². The second kappa shape index (κ2) is 8.27. The lowest BCUT2D eigenvalue weighted by molar-refractivity contribution is -0.117. The van der Waals surface area contributed by atoms with E-state index in [1.54, 1.807) is 36.9 Å². The predicted molar refractivity (Wildman–Crippen MR) is 115 cm³/mol. The Morgan fingerprint density at radius 1 is 1.13 bits per heavy atom. The average Bonchev–Trinajstić information content (AvgIpc) is 2.64. The third kappa shape index (κ3) is 4.54. The van der Waals surface area contributed by atoms with Gasteiger partial charge in [0.05, 0.1) is 23.5 Å². The highest BCUT2D eigenvalue weighted by molar-refractivity contribution is 7.89. The number of ether oxygens (including phenoxy) is 1. The third-order valence-corrected chi connectivity index (χ3v) is 5.83. The number of sulfonamides is 1. The Labute approximate surface area is 180 Å². The summed E-state index contributed by atoms with van der Waals surface area (Å²) < 4.78 is 42.6. The molecule has 166 valence electrons. The van der Waals surface area contributed by atoms with Crippen LogP contribution in [0.1, 0.15) is 27.7 Å². The molecule has 3 rings (SSSR count). The van der Waals surface area contributed by atoms with Crippen molar-refractivity contribution in [3.8, 4) is 11.1 Å². The highest BCUT2D eigenvalue weighted by Crippen LogP contribution is 2.39. The number of nitrogens with zero attached hydrogens (tertiary/aromatic N) is 2. The summed E-state index contributed by atoms with van der Waals surface area (Å²) in [6.45, 7) is 6.97. The number of rotatable bonds is 3. The number of fused-ring (bicyclic) bond motifs is 1. The van der Waals surface area contributed by atoms with E-state index in [4.69, 9.17) is 9.88 Å². The van der Waals surface area contributed by atoms with Crippen LogP contribution in [0.2, 0.25) is 0 Å². The molecule has 0 spiro atoms. The number of benzene rings is 2. The highest BCUT2D eigenvalue weighted by Gasteiger charge is 2.35. The van der Waals surface area contributed by atoms with Crippen molar-refractivity contribution in [3.63, 3.8) is 0 Å². The molecular weight excluding hydrogens is 425 g/mol. The van der Waals surface area contributed by atoms with Crippen LogP contribution in [-0.4, -0.2) is 39.1 Å². The monoisotopic (exact) mass is 449 g/mol. The molecule has 2 aromatic rings. The number of amides is 2. The van der Waals surface area contributed by atoms with Crippen molar-refractivity contribution < 1.29 is 27.1 Å². The van der Waals surface area contributed by atoms with E-state index in [1.165, 1.54) is 17.9 Å². The van der Waals surface area contributed by atoms with Crippen LogP contribution < -0.4 is 14.9 Å². The van der Waals surface area contributed by atoms with Crippen LogP contribution in [0.5, 0.6) is 0 Å². The van der Waals surface area contributed by atoms with E-state index in [0.717, 1.165) is 12.1 Å². The number of hydrogen-bond acceptors (Lipinski definition) is 5. The predicted octanol–water partition coefficient (Wildman–Crippen LogP) is 3.25. The molecule has 2 N–H and O–H groups in total. The van der Waals surface area contributed by atoms with Gasteiger partial charge in [0.1, 0.15) is 10.7 Å². The SMILES string of the molecule is CC(=O)N1c2ccc(-c3ccc(S(N)(=O)=O)c(F)c3)cc2N(C(=O)OC(C)C)C[C@@H]1C. The Morgan fingerprint density at radius 3 is 2.29 bits per heavy atom. The van der Waals surface area contributed by atoms with Gasteiger partial charge >= 0.3 is 6.09 Å². The van der Waals surface area contributed by atoms with Crippen LogP contribution in [0, 0.1) is 5.82 Å². The summed E-state index contributed by atoms with van der Waals surface area (Å²) in [5.41, 5.74) is 1.88. The van der Waals surface area contributed by atoms with E-state index >= 15 is 0 Å². The van der Waals surface area contributed by atoms with Gasteiger partial charge in [-0.15, -0.1) is 0 Å². The molecule has 10 heteroatoms. The van der Waals surface area contributed by atoms with Crippen LogP contribution in [0.25, 0.3) is 11.1 Å². The Kier molecular flexibility index (Phi) is 6.06. The van der Waals surface area contributed by atoms with E-state index in [9.17, 15) is 22.4 Å². The molecule has 0 bridgehead atoms. The van der Waals surface area contributed by atoms with Crippen molar-refractivity contribution in [2.45, 2.75) is 44.7 Å². The number of nitrogens with two attached hydrogens (primary N) is 1. The summed E-state index contributed by atoms with van der Waals surface area (Å²) in [6.07, 6.45) is -0.890. The zero-order valence-corrected chi connectivity index (χ0v) is 18.4. The van der Waals surface area contributed by atoms with Crippen molar-refractivity contribution in [1.82, 2.24) is 0 Å². The second-order valence-corrected chi connectivity index (χ2v) is 9.20. The fourth-order valence-corrected chi connectivity index (χ4v) is 4.22. The number of halogens is 1. The van der Waals surface area contributed by atoms with Crippen LogP contribution >= 0.6 is 0 Å². The summed E-state index contributed by atoms with van der Waals surface area (Å²) in [6, 6.07) is 8.29. The molecule has 2 amide bonds. The van der Waals surface area contributed by atoms with Crippen LogP contribution in [0.15, 0.2) is 41.3 Å². The molecule has 31 heavy (non-hydrogen) atoms. The van der Waals surface area contributed by atoms with Crippen LogP contribution in [0.3, 0.4) is 0 Å². The number of hydrogen-bond donors (Lipinski definition) is 1. The lowest BCUT2D eigenvalue weighted by Gasteiger charge is -2.40. The molecule has 1 atom stereocenters. The maximum Gasteiger partial charge on any atom is 0.414 e. The van der Waals surface area contributed by atoms with Crippen molar-refractivity contribution in [2.24, 2.45) is 5.14 Å². The van der Waals surface area contributed by atoms with Crippen molar-refractivity contribution in [2.75, 3.05) is 16.3 Å². The third-order valence-electron chi connectivity index (χ3n) is 4.88. The molecule has 1 heterocycles. The van der Waals surface area contributed by atoms with Gasteiger partial charge in [-0.2, -0.15) is 0 Å². The van der Waals surface area contributed by atoms with Crippen LogP contribution in [0.4, 0.5) is 20.6 Å². The summed E-state index contributed by atoms with van der Waals surface area (Å²) in [7, 11) is -4.19. The molecular formula is C21H24FN3O5S. The van der Waals surface area contributed by atoms with Gasteiger partial charge in [-0.05, 0) is 56.2 Å². The van der Waals surface area contributed by atoms with Gasteiger partial charge in [0, 0.05) is 13.5 Å². The lowest BCUT2D eigenvalue weighted by atomic mass is 10.0. The molecule has 0 aliphatic carbocycles. The quantitative estimate of drug-likeness (QED) is 0.774. The first-order valence-corrected chi connectivity index (χ1v) is 11.2. The number of anilines is 2. The standard InChI is InChI=1S/C21H24FN3O5S/c1-12(2)30-21(27)24-11-13(3)25(14(4)26)18-7-5-16(10-19(18)24)15-6-8-20(17(22)9-15)31(23,28)29/h5-10,12-13H,11H2,1-4H3,(H2,23,28,29)/t13-/m0/s1. The van der Waals surface area contributed by atoms with Crippen molar-refractivity contribution in [3.05, 3.63) is 42.2 Å². The maximum atomic E-state index is 14.3. The van der Waals surface area contributed by atoms with Crippen molar-refractivity contribution >= 4 is 33.4 Å². The second-order valence-electron chi connectivity index (χ2n) is 7.67. The first kappa shape index (κ1) is 22.7.